The molecule has 134 valence electrons. The van der Waals surface area contributed by atoms with E-state index >= 15 is 0 Å². The average Bonchev–Trinajstić information content (AvgIpc) is 2.53. The third-order valence-corrected chi connectivity index (χ3v) is 5.41. The van der Waals surface area contributed by atoms with E-state index in [2.05, 4.69) is 5.32 Å². The Balaban J connectivity index is 1.94. The van der Waals surface area contributed by atoms with Gasteiger partial charge in [-0.2, -0.15) is 4.31 Å². The second-order valence-electron chi connectivity index (χ2n) is 5.94. The van der Waals surface area contributed by atoms with E-state index in [4.69, 9.17) is 4.74 Å². The third-order valence-electron chi connectivity index (χ3n) is 4.08. The van der Waals surface area contributed by atoms with Crippen LogP contribution in [0.15, 0.2) is 18.2 Å². The van der Waals surface area contributed by atoms with E-state index < -0.39 is 21.7 Å². The van der Waals surface area contributed by atoms with Crippen molar-refractivity contribution in [2.75, 3.05) is 32.6 Å². The minimum atomic E-state index is -3.37. The van der Waals surface area contributed by atoms with Gasteiger partial charge in [-0.25, -0.2) is 12.8 Å². The number of hydrogen-bond acceptors (Lipinski definition) is 4. The Hall–Kier alpha value is -1.51. The molecular weight excluding hydrogens is 335 g/mol. The maximum atomic E-state index is 13.5. The fourth-order valence-electron chi connectivity index (χ4n) is 2.71. The first-order chi connectivity index (χ1) is 11.3. The molecule has 6 nitrogen and oxygen atoms in total. The number of carbonyl (C=O) groups is 1. The van der Waals surface area contributed by atoms with Gasteiger partial charge in [-0.1, -0.05) is 6.07 Å². The van der Waals surface area contributed by atoms with Crippen molar-refractivity contribution < 1.29 is 22.3 Å². The van der Waals surface area contributed by atoms with Gasteiger partial charge in [-0.05, 0) is 37.5 Å². The first-order valence-corrected chi connectivity index (χ1v) is 9.73. The second kappa shape index (κ2) is 8.04. The zero-order valence-electron chi connectivity index (χ0n) is 13.9. The van der Waals surface area contributed by atoms with Crippen LogP contribution in [-0.2, 0) is 14.8 Å². The first-order valence-electron chi connectivity index (χ1n) is 7.88. The van der Waals surface area contributed by atoms with E-state index in [1.54, 1.807) is 13.0 Å². The van der Waals surface area contributed by atoms with Crippen LogP contribution in [-0.4, -0.2) is 57.2 Å². The van der Waals surface area contributed by atoms with Crippen LogP contribution < -0.4 is 5.32 Å². The highest BCUT2D eigenvalue weighted by atomic mass is 32.2. The molecule has 24 heavy (non-hydrogen) atoms. The average molecular weight is 358 g/mol. The Morgan fingerprint density at radius 2 is 2.04 bits per heavy atom. The summed E-state index contributed by atoms with van der Waals surface area (Å²) in [5.41, 5.74) is 0.685. The standard InChI is InChI=1S/C16H23FN2O4S/c1-12-3-4-13(11-15(12)17)16(20)18-7-8-19(24(2,21)22)14-5-9-23-10-6-14/h3-4,11,14H,5-10H2,1-2H3,(H,18,20). The minimum Gasteiger partial charge on any atom is -0.381 e. The topological polar surface area (TPSA) is 75.7 Å². The van der Waals surface area contributed by atoms with Crippen LogP contribution in [0.2, 0.25) is 0 Å². The number of halogens is 1. The van der Waals surface area contributed by atoms with Crippen molar-refractivity contribution in [1.82, 2.24) is 9.62 Å². The lowest BCUT2D eigenvalue weighted by molar-refractivity contribution is 0.0585. The fourth-order valence-corrected chi connectivity index (χ4v) is 3.88. The molecule has 2 rings (SSSR count). The largest absolute Gasteiger partial charge is 0.381 e. The van der Waals surface area contributed by atoms with E-state index in [-0.39, 0.29) is 24.7 Å². The molecule has 0 radical (unpaired) electrons. The highest BCUT2D eigenvalue weighted by molar-refractivity contribution is 7.88. The summed E-state index contributed by atoms with van der Waals surface area (Å²) < 4.78 is 44.1. The molecule has 1 aliphatic rings. The summed E-state index contributed by atoms with van der Waals surface area (Å²) in [6, 6.07) is 4.15. The van der Waals surface area contributed by atoms with E-state index in [1.165, 1.54) is 22.7 Å². The van der Waals surface area contributed by atoms with Crippen LogP contribution in [0, 0.1) is 12.7 Å². The molecule has 0 bridgehead atoms. The van der Waals surface area contributed by atoms with Crippen LogP contribution in [0.4, 0.5) is 4.39 Å². The molecule has 0 unspecified atom stereocenters. The Morgan fingerprint density at radius 3 is 2.62 bits per heavy atom. The molecule has 1 saturated heterocycles. The highest BCUT2D eigenvalue weighted by Gasteiger charge is 2.28. The second-order valence-corrected chi connectivity index (χ2v) is 7.87. The number of rotatable bonds is 6. The highest BCUT2D eigenvalue weighted by Crippen LogP contribution is 2.17. The van der Waals surface area contributed by atoms with E-state index in [0.717, 1.165) is 0 Å². The van der Waals surface area contributed by atoms with Crippen LogP contribution in [0.3, 0.4) is 0 Å². The molecule has 0 aromatic heterocycles. The van der Waals surface area contributed by atoms with Crippen molar-refractivity contribution in [1.29, 1.82) is 0 Å². The van der Waals surface area contributed by atoms with E-state index in [0.29, 0.717) is 31.6 Å². The molecular formula is C16H23FN2O4S. The Morgan fingerprint density at radius 1 is 1.38 bits per heavy atom. The van der Waals surface area contributed by atoms with Crippen molar-refractivity contribution in [2.45, 2.75) is 25.8 Å². The Kier molecular flexibility index (Phi) is 6.31. The monoisotopic (exact) mass is 358 g/mol. The summed E-state index contributed by atoms with van der Waals surface area (Å²) in [7, 11) is -3.37. The lowest BCUT2D eigenvalue weighted by Gasteiger charge is -2.32. The van der Waals surface area contributed by atoms with Crippen molar-refractivity contribution in [2.24, 2.45) is 0 Å². The maximum Gasteiger partial charge on any atom is 0.251 e. The van der Waals surface area contributed by atoms with Crippen LogP contribution in [0.1, 0.15) is 28.8 Å². The summed E-state index contributed by atoms with van der Waals surface area (Å²) >= 11 is 0. The van der Waals surface area contributed by atoms with Crippen molar-refractivity contribution in [3.63, 3.8) is 0 Å². The van der Waals surface area contributed by atoms with Gasteiger partial charge in [0.05, 0.1) is 6.26 Å². The van der Waals surface area contributed by atoms with Gasteiger partial charge < -0.3 is 10.1 Å². The lowest BCUT2D eigenvalue weighted by Crippen LogP contribution is -2.46. The molecule has 1 amide bonds. The zero-order valence-corrected chi connectivity index (χ0v) is 14.7. The Bertz CT molecular complexity index is 687. The molecule has 0 spiro atoms. The van der Waals surface area contributed by atoms with Crippen molar-refractivity contribution in [3.05, 3.63) is 35.1 Å². The zero-order chi connectivity index (χ0) is 17.7. The number of carbonyl (C=O) groups excluding carboxylic acids is 1. The SMILES string of the molecule is Cc1ccc(C(=O)NCCN(C2CCOCC2)S(C)(=O)=O)cc1F. The van der Waals surface area contributed by atoms with Gasteiger partial charge in [-0.3, -0.25) is 4.79 Å². The molecule has 0 atom stereocenters. The molecule has 0 saturated carbocycles. The third kappa shape index (κ3) is 4.99. The first kappa shape index (κ1) is 18.8. The molecule has 1 aliphatic heterocycles. The number of aryl methyl sites for hydroxylation is 1. The fraction of sp³-hybridized carbons (Fsp3) is 0.562. The van der Waals surface area contributed by atoms with Crippen LogP contribution in [0.25, 0.3) is 0 Å². The number of sulfonamides is 1. The smallest absolute Gasteiger partial charge is 0.251 e. The van der Waals surface area contributed by atoms with Gasteiger partial charge in [0.25, 0.3) is 5.91 Å². The number of hydrogen-bond donors (Lipinski definition) is 1. The van der Waals surface area contributed by atoms with E-state index in [9.17, 15) is 17.6 Å². The van der Waals surface area contributed by atoms with Gasteiger partial charge in [-0.15, -0.1) is 0 Å². The summed E-state index contributed by atoms with van der Waals surface area (Å²) in [4.78, 5) is 12.0. The predicted molar refractivity (Wildman–Crippen MR) is 88.9 cm³/mol. The number of ether oxygens (including phenoxy) is 1. The predicted octanol–water partition coefficient (Wildman–Crippen LogP) is 1.30. The maximum absolute atomic E-state index is 13.5. The van der Waals surface area contributed by atoms with Gasteiger partial charge >= 0.3 is 0 Å². The van der Waals surface area contributed by atoms with Crippen molar-refractivity contribution >= 4 is 15.9 Å². The molecule has 0 aliphatic carbocycles. The number of nitrogens with one attached hydrogen (secondary N) is 1. The molecule has 1 N–H and O–H groups in total. The summed E-state index contributed by atoms with van der Waals surface area (Å²) in [6.07, 6.45) is 2.45. The van der Waals surface area contributed by atoms with Gasteiger partial charge in [0, 0.05) is 37.9 Å². The van der Waals surface area contributed by atoms with Crippen LogP contribution >= 0.6 is 0 Å². The van der Waals surface area contributed by atoms with E-state index in [1.807, 2.05) is 0 Å². The van der Waals surface area contributed by atoms with Crippen LogP contribution in [0.5, 0.6) is 0 Å². The molecule has 1 heterocycles. The van der Waals surface area contributed by atoms with Crippen molar-refractivity contribution in [3.8, 4) is 0 Å². The van der Waals surface area contributed by atoms with Gasteiger partial charge in [0.2, 0.25) is 10.0 Å². The molecule has 1 aromatic rings. The summed E-state index contributed by atoms with van der Waals surface area (Å²) in [5, 5.41) is 2.64. The number of nitrogens with zero attached hydrogens (tertiary/aromatic N) is 1. The summed E-state index contributed by atoms with van der Waals surface area (Å²) in [5.74, 6) is -0.864. The number of benzene rings is 1. The number of amides is 1. The van der Waals surface area contributed by atoms with Gasteiger partial charge in [0.15, 0.2) is 0 Å². The quantitative estimate of drug-likeness (QED) is 0.832. The van der Waals surface area contributed by atoms with Gasteiger partial charge in [0.1, 0.15) is 5.82 Å². The molecule has 1 aromatic carbocycles. The molecule has 1 fully saturated rings. The molecule has 8 heteroatoms. The minimum absolute atomic E-state index is 0.109. The lowest BCUT2D eigenvalue weighted by atomic mass is 10.1. The Labute approximate surface area is 142 Å². The summed E-state index contributed by atoms with van der Waals surface area (Å²) in [6.45, 7) is 3.04. The normalized spacial score (nSPS) is 16.3.